The maximum Gasteiger partial charge on any atom is 0.331 e. The average molecular weight is 394 g/mol. The molecule has 0 heterocycles. The Kier molecular flexibility index (Phi) is 6.39. The third-order valence-electron chi connectivity index (χ3n) is 4.88. The van der Waals surface area contributed by atoms with Crippen molar-refractivity contribution in [2.24, 2.45) is 0 Å². The van der Waals surface area contributed by atoms with Crippen molar-refractivity contribution in [3.8, 4) is 0 Å². The summed E-state index contributed by atoms with van der Waals surface area (Å²) in [4.78, 5) is 35.0. The van der Waals surface area contributed by atoms with E-state index in [1.165, 1.54) is 30.7 Å². The molecule has 2 aromatic rings. The molecule has 0 fully saturated rings. The molecule has 1 aliphatic carbocycles. The maximum absolute atomic E-state index is 12.5. The van der Waals surface area contributed by atoms with Crippen LogP contribution in [0.4, 0.5) is 5.69 Å². The van der Waals surface area contributed by atoms with Gasteiger partial charge in [0.1, 0.15) is 0 Å². The molecule has 1 aliphatic rings. The first-order chi connectivity index (χ1) is 14.0. The average Bonchev–Trinajstić information content (AvgIpc) is 2.72. The summed E-state index contributed by atoms with van der Waals surface area (Å²) in [5, 5.41) is 14.0. The number of nitrogens with zero attached hydrogens (tertiary/aromatic N) is 1. The van der Waals surface area contributed by atoms with E-state index in [0.717, 1.165) is 30.9 Å². The van der Waals surface area contributed by atoms with Gasteiger partial charge in [-0.25, -0.2) is 4.79 Å². The Bertz CT molecular complexity index is 954. The van der Waals surface area contributed by atoms with E-state index >= 15 is 0 Å². The summed E-state index contributed by atoms with van der Waals surface area (Å²) in [6.07, 6.45) is 4.22. The molecule has 3 rings (SSSR count). The molecule has 0 unspecified atom stereocenters. The summed E-state index contributed by atoms with van der Waals surface area (Å²) < 4.78 is 5.16. The molecule has 150 valence electrons. The second-order valence-corrected chi connectivity index (χ2v) is 6.88. The van der Waals surface area contributed by atoms with Crippen molar-refractivity contribution < 1.29 is 19.2 Å². The smallest absolute Gasteiger partial charge is 0.331 e. The van der Waals surface area contributed by atoms with Crippen molar-refractivity contribution in [2.45, 2.75) is 38.3 Å². The van der Waals surface area contributed by atoms with E-state index < -0.39 is 17.0 Å². The van der Waals surface area contributed by atoms with Crippen LogP contribution in [0.2, 0.25) is 0 Å². The molecule has 1 N–H and O–H groups in total. The lowest BCUT2D eigenvalue weighted by atomic mass is 9.87. The summed E-state index contributed by atoms with van der Waals surface area (Å²) >= 11 is 0. The van der Waals surface area contributed by atoms with Gasteiger partial charge in [-0.1, -0.05) is 36.4 Å². The van der Waals surface area contributed by atoms with Gasteiger partial charge in [0, 0.05) is 12.1 Å². The monoisotopic (exact) mass is 394 g/mol. The Hall–Kier alpha value is -3.48. The van der Waals surface area contributed by atoms with Crippen LogP contribution < -0.4 is 5.32 Å². The standard InChI is InChI=1S/C22H22N2O5/c1-15(22(26)23-19-11-6-9-16-7-2-4-10-18(16)19)29-21(25)14-13-17-8-3-5-12-20(17)24(27)28/h2-5,7-8,10,12-15,19H,6,9,11H2,1H3,(H,23,26)/b14-13+/t15-,19-/m0/s1. The van der Waals surface area contributed by atoms with Crippen LogP contribution in [0.25, 0.3) is 6.08 Å². The van der Waals surface area contributed by atoms with Crippen LogP contribution in [0.5, 0.6) is 0 Å². The van der Waals surface area contributed by atoms with E-state index in [1.54, 1.807) is 12.1 Å². The molecule has 2 aromatic carbocycles. The number of hydrogen-bond donors (Lipinski definition) is 1. The van der Waals surface area contributed by atoms with E-state index in [1.807, 2.05) is 18.2 Å². The Labute approximate surface area is 168 Å². The summed E-state index contributed by atoms with van der Waals surface area (Å²) in [6, 6.07) is 13.9. The van der Waals surface area contributed by atoms with Crippen LogP contribution >= 0.6 is 0 Å². The quantitative estimate of drug-likeness (QED) is 0.348. The predicted octanol–water partition coefficient (Wildman–Crippen LogP) is 3.73. The number of amides is 1. The predicted molar refractivity (Wildman–Crippen MR) is 108 cm³/mol. The van der Waals surface area contributed by atoms with Crippen LogP contribution in [0, 0.1) is 10.1 Å². The topological polar surface area (TPSA) is 98.5 Å². The zero-order chi connectivity index (χ0) is 20.8. The number of carbonyl (C=O) groups is 2. The van der Waals surface area contributed by atoms with Gasteiger partial charge < -0.3 is 10.1 Å². The minimum atomic E-state index is -0.980. The number of benzene rings is 2. The number of nitro groups is 1. The van der Waals surface area contributed by atoms with Gasteiger partial charge in [-0.05, 0) is 49.5 Å². The molecule has 0 aromatic heterocycles. The molecule has 0 spiro atoms. The van der Waals surface area contributed by atoms with Gasteiger partial charge in [0.25, 0.3) is 11.6 Å². The van der Waals surface area contributed by atoms with Crippen LogP contribution in [-0.4, -0.2) is 22.9 Å². The molecule has 0 bridgehead atoms. The highest BCUT2D eigenvalue weighted by Gasteiger charge is 2.25. The fourth-order valence-electron chi connectivity index (χ4n) is 3.41. The molecular formula is C22H22N2O5. The Morgan fingerprint density at radius 1 is 1.21 bits per heavy atom. The van der Waals surface area contributed by atoms with Gasteiger partial charge in [-0.15, -0.1) is 0 Å². The number of nitrogens with one attached hydrogen (secondary N) is 1. The van der Waals surface area contributed by atoms with Crippen molar-refractivity contribution in [1.82, 2.24) is 5.32 Å². The summed E-state index contributed by atoms with van der Waals surface area (Å²) in [6.45, 7) is 1.50. The zero-order valence-electron chi connectivity index (χ0n) is 16.0. The lowest BCUT2D eigenvalue weighted by Crippen LogP contribution is -2.39. The molecule has 0 saturated carbocycles. The number of nitro benzene ring substituents is 1. The van der Waals surface area contributed by atoms with E-state index in [4.69, 9.17) is 4.74 Å². The molecule has 0 radical (unpaired) electrons. The molecular weight excluding hydrogens is 372 g/mol. The molecule has 1 amide bonds. The van der Waals surface area contributed by atoms with Gasteiger partial charge in [0.05, 0.1) is 16.5 Å². The fraction of sp³-hybridized carbons (Fsp3) is 0.273. The highest BCUT2D eigenvalue weighted by molar-refractivity contribution is 5.91. The minimum absolute atomic E-state index is 0.101. The van der Waals surface area contributed by atoms with Crippen molar-refractivity contribution in [1.29, 1.82) is 0 Å². The van der Waals surface area contributed by atoms with Crippen LogP contribution in [0.1, 0.15) is 42.5 Å². The molecule has 7 nitrogen and oxygen atoms in total. The molecule has 0 saturated heterocycles. The number of rotatable bonds is 6. The zero-order valence-corrected chi connectivity index (χ0v) is 16.0. The first-order valence-corrected chi connectivity index (χ1v) is 9.46. The highest BCUT2D eigenvalue weighted by Crippen LogP contribution is 2.29. The van der Waals surface area contributed by atoms with Crippen molar-refractivity contribution in [3.05, 3.63) is 81.4 Å². The SMILES string of the molecule is C[C@H](OC(=O)/C=C/c1ccccc1[N+](=O)[O-])C(=O)N[C@H]1CCCc2ccccc21. The second kappa shape index (κ2) is 9.14. The van der Waals surface area contributed by atoms with E-state index in [-0.39, 0.29) is 23.2 Å². The fourth-order valence-corrected chi connectivity index (χ4v) is 3.41. The highest BCUT2D eigenvalue weighted by atomic mass is 16.6. The lowest BCUT2D eigenvalue weighted by molar-refractivity contribution is -0.385. The molecule has 2 atom stereocenters. The van der Waals surface area contributed by atoms with Crippen LogP contribution in [0.3, 0.4) is 0 Å². The third kappa shape index (κ3) is 5.07. The molecule has 29 heavy (non-hydrogen) atoms. The first kappa shape index (κ1) is 20.3. The number of para-hydroxylation sites is 1. The number of aryl methyl sites for hydroxylation is 1. The number of ether oxygens (including phenoxy) is 1. The van der Waals surface area contributed by atoms with E-state index in [9.17, 15) is 19.7 Å². The van der Waals surface area contributed by atoms with Crippen LogP contribution in [0.15, 0.2) is 54.6 Å². The summed E-state index contributed by atoms with van der Waals surface area (Å²) in [5.74, 6) is -1.12. The lowest BCUT2D eigenvalue weighted by Gasteiger charge is -2.27. The van der Waals surface area contributed by atoms with Crippen molar-refractivity contribution in [2.75, 3.05) is 0 Å². The van der Waals surface area contributed by atoms with Crippen LogP contribution in [-0.2, 0) is 20.7 Å². The van der Waals surface area contributed by atoms with Gasteiger partial charge in [-0.2, -0.15) is 0 Å². The Morgan fingerprint density at radius 3 is 2.72 bits per heavy atom. The Balaban J connectivity index is 1.59. The van der Waals surface area contributed by atoms with Gasteiger partial charge in [0.15, 0.2) is 6.10 Å². The summed E-state index contributed by atoms with van der Waals surface area (Å²) in [5.41, 5.74) is 2.49. The van der Waals surface area contributed by atoms with Gasteiger partial charge in [0.2, 0.25) is 0 Å². The number of hydrogen-bond acceptors (Lipinski definition) is 5. The van der Waals surface area contributed by atoms with E-state index in [0.29, 0.717) is 0 Å². The van der Waals surface area contributed by atoms with E-state index in [2.05, 4.69) is 11.4 Å². The molecule has 7 heteroatoms. The number of carbonyl (C=O) groups excluding carboxylic acids is 2. The van der Waals surface area contributed by atoms with Gasteiger partial charge in [-0.3, -0.25) is 14.9 Å². The molecule has 0 aliphatic heterocycles. The first-order valence-electron chi connectivity index (χ1n) is 9.46. The minimum Gasteiger partial charge on any atom is -0.449 e. The second-order valence-electron chi connectivity index (χ2n) is 6.88. The Morgan fingerprint density at radius 2 is 1.93 bits per heavy atom. The van der Waals surface area contributed by atoms with Crippen molar-refractivity contribution in [3.63, 3.8) is 0 Å². The normalized spacial score (nSPS) is 16.7. The third-order valence-corrected chi connectivity index (χ3v) is 4.88. The summed E-state index contributed by atoms with van der Waals surface area (Å²) in [7, 11) is 0. The number of fused-ring (bicyclic) bond motifs is 1. The van der Waals surface area contributed by atoms with Gasteiger partial charge >= 0.3 is 5.97 Å². The maximum atomic E-state index is 12.5. The largest absolute Gasteiger partial charge is 0.449 e. The number of esters is 1. The van der Waals surface area contributed by atoms with Crippen molar-refractivity contribution >= 4 is 23.6 Å².